The Morgan fingerprint density at radius 3 is 2.46 bits per heavy atom. The SMILES string of the molecule is CN1CCC(N(C)c2nc(Nc3ccc(Cl)c(Cl)c3)ncc2C(F)(F)F)CC1. The Bertz CT molecular complexity index is 838. The highest BCUT2D eigenvalue weighted by molar-refractivity contribution is 6.42. The molecule has 0 amide bonds. The maximum Gasteiger partial charge on any atom is 0.421 e. The van der Waals surface area contributed by atoms with Gasteiger partial charge in [0.1, 0.15) is 11.4 Å². The minimum absolute atomic E-state index is 0.0231. The molecule has 3 rings (SSSR count). The fourth-order valence-corrected chi connectivity index (χ4v) is 3.46. The largest absolute Gasteiger partial charge is 0.421 e. The number of hydrogen-bond acceptors (Lipinski definition) is 5. The predicted molar refractivity (Wildman–Crippen MR) is 106 cm³/mol. The third kappa shape index (κ3) is 4.79. The molecule has 0 atom stereocenters. The number of anilines is 3. The molecule has 1 aliphatic heterocycles. The van der Waals surface area contributed by atoms with Crippen molar-refractivity contribution in [1.29, 1.82) is 0 Å². The quantitative estimate of drug-likeness (QED) is 0.728. The van der Waals surface area contributed by atoms with Crippen molar-refractivity contribution >= 4 is 40.7 Å². The minimum atomic E-state index is -4.54. The zero-order valence-corrected chi connectivity index (χ0v) is 16.9. The van der Waals surface area contributed by atoms with Crippen molar-refractivity contribution in [2.45, 2.75) is 25.1 Å². The molecule has 1 fully saturated rings. The summed E-state index contributed by atoms with van der Waals surface area (Å²) in [5, 5.41) is 3.59. The molecule has 1 aromatic heterocycles. The number of alkyl halides is 3. The Labute approximate surface area is 171 Å². The van der Waals surface area contributed by atoms with Crippen LogP contribution in [-0.2, 0) is 6.18 Å². The smallest absolute Gasteiger partial charge is 0.356 e. The zero-order chi connectivity index (χ0) is 20.5. The van der Waals surface area contributed by atoms with Gasteiger partial charge in [0.25, 0.3) is 0 Å². The lowest BCUT2D eigenvalue weighted by molar-refractivity contribution is -0.137. The van der Waals surface area contributed by atoms with Crippen molar-refractivity contribution in [3.8, 4) is 0 Å². The second-order valence-electron chi connectivity index (χ2n) is 6.83. The molecule has 1 aliphatic rings. The van der Waals surface area contributed by atoms with Crippen LogP contribution in [0.4, 0.5) is 30.6 Å². The summed E-state index contributed by atoms with van der Waals surface area (Å²) in [6.07, 6.45) is -2.20. The maximum absolute atomic E-state index is 13.5. The van der Waals surface area contributed by atoms with Gasteiger partial charge in [0.2, 0.25) is 5.95 Å². The van der Waals surface area contributed by atoms with Crippen LogP contribution in [0.25, 0.3) is 0 Å². The number of likely N-dealkylation sites (tertiary alicyclic amines) is 1. The molecule has 0 saturated carbocycles. The topological polar surface area (TPSA) is 44.3 Å². The Balaban J connectivity index is 1.91. The molecular formula is C18H20Cl2F3N5. The van der Waals surface area contributed by atoms with Gasteiger partial charge < -0.3 is 15.1 Å². The Hall–Kier alpha value is -1.77. The lowest BCUT2D eigenvalue weighted by atomic mass is 10.0. The van der Waals surface area contributed by atoms with Crippen molar-refractivity contribution in [3.05, 3.63) is 40.0 Å². The van der Waals surface area contributed by atoms with E-state index in [0.717, 1.165) is 32.1 Å². The minimum Gasteiger partial charge on any atom is -0.356 e. The van der Waals surface area contributed by atoms with Gasteiger partial charge >= 0.3 is 6.18 Å². The van der Waals surface area contributed by atoms with Crippen LogP contribution < -0.4 is 10.2 Å². The average Bonchev–Trinajstić information content (AvgIpc) is 2.64. The summed E-state index contributed by atoms with van der Waals surface area (Å²) in [5.74, 6) is -0.0826. The van der Waals surface area contributed by atoms with Crippen LogP contribution in [0.1, 0.15) is 18.4 Å². The van der Waals surface area contributed by atoms with Crippen LogP contribution in [-0.4, -0.2) is 48.1 Å². The summed E-state index contributed by atoms with van der Waals surface area (Å²) < 4.78 is 40.6. The highest BCUT2D eigenvalue weighted by Gasteiger charge is 2.37. The number of rotatable bonds is 4. The number of halogens is 5. The molecule has 1 aromatic carbocycles. The van der Waals surface area contributed by atoms with Gasteiger partial charge in [0.15, 0.2) is 0 Å². The zero-order valence-electron chi connectivity index (χ0n) is 15.4. The first-order valence-electron chi connectivity index (χ1n) is 8.73. The molecule has 1 N–H and O–H groups in total. The first-order valence-corrected chi connectivity index (χ1v) is 9.48. The van der Waals surface area contributed by atoms with E-state index in [1.54, 1.807) is 30.1 Å². The number of nitrogens with one attached hydrogen (secondary N) is 1. The number of hydrogen-bond donors (Lipinski definition) is 1. The molecule has 152 valence electrons. The van der Waals surface area contributed by atoms with Gasteiger partial charge in [-0.25, -0.2) is 4.98 Å². The Kier molecular flexibility index (Phi) is 6.21. The highest BCUT2D eigenvalue weighted by atomic mass is 35.5. The Morgan fingerprint density at radius 1 is 1.18 bits per heavy atom. The van der Waals surface area contributed by atoms with Crippen LogP contribution in [0.15, 0.2) is 24.4 Å². The fraction of sp³-hybridized carbons (Fsp3) is 0.444. The first-order chi connectivity index (χ1) is 13.1. The van der Waals surface area contributed by atoms with E-state index in [1.807, 2.05) is 7.05 Å². The monoisotopic (exact) mass is 433 g/mol. The molecule has 28 heavy (non-hydrogen) atoms. The van der Waals surface area contributed by atoms with E-state index in [9.17, 15) is 13.2 Å². The van der Waals surface area contributed by atoms with Crippen molar-refractivity contribution in [2.24, 2.45) is 0 Å². The van der Waals surface area contributed by atoms with Crippen LogP contribution in [0.2, 0.25) is 10.0 Å². The number of piperidine rings is 1. The van der Waals surface area contributed by atoms with Gasteiger partial charge in [0, 0.05) is 25.0 Å². The van der Waals surface area contributed by atoms with E-state index in [4.69, 9.17) is 23.2 Å². The second kappa shape index (κ2) is 8.31. The lowest BCUT2D eigenvalue weighted by Gasteiger charge is -2.36. The van der Waals surface area contributed by atoms with E-state index in [-0.39, 0.29) is 17.8 Å². The van der Waals surface area contributed by atoms with Crippen LogP contribution >= 0.6 is 23.2 Å². The number of aromatic nitrogens is 2. The van der Waals surface area contributed by atoms with Gasteiger partial charge in [-0.15, -0.1) is 0 Å². The van der Waals surface area contributed by atoms with E-state index < -0.39 is 11.7 Å². The molecule has 5 nitrogen and oxygen atoms in total. The molecule has 10 heteroatoms. The van der Waals surface area contributed by atoms with Crippen LogP contribution in [0.3, 0.4) is 0 Å². The number of nitrogens with zero attached hydrogens (tertiary/aromatic N) is 4. The molecule has 2 aromatic rings. The Morgan fingerprint density at radius 2 is 1.86 bits per heavy atom. The van der Waals surface area contributed by atoms with Crippen LogP contribution in [0, 0.1) is 0 Å². The highest BCUT2D eigenvalue weighted by Crippen LogP contribution is 2.37. The van der Waals surface area contributed by atoms with Crippen molar-refractivity contribution < 1.29 is 13.2 Å². The maximum atomic E-state index is 13.5. The average molecular weight is 434 g/mol. The summed E-state index contributed by atoms with van der Waals surface area (Å²) in [5.41, 5.74) is -0.323. The summed E-state index contributed by atoms with van der Waals surface area (Å²) in [6, 6.07) is 4.77. The molecule has 0 unspecified atom stereocenters. The molecule has 0 radical (unpaired) electrons. The molecule has 0 aliphatic carbocycles. The van der Waals surface area contributed by atoms with Gasteiger partial charge in [0.05, 0.1) is 10.0 Å². The van der Waals surface area contributed by atoms with Crippen molar-refractivity contribution in [3.63, 3.8) is 0 Å². The van der Waals surface area contributed by atoms with E-state index in [1.165, 1.54) is 0 Å². The van der Waals surface area contributed by atoms with E-state index in [0.29, 0.717) is 15.7 Å². The second-order valence-corrected chi connectivity index (χ2v) is 7.64. The molecule has 0 bridgehead atoms. The third-order valence-electron chi connectivity index (χ3n) is 4.82. The molecular weight excluding hydrogens is 414 g/mol. The van der Waals surface area contributed by atoms with Crippen molar-refractivity contribution in [2.75, 3.05) is 37.4 Å². The fourth-order valence-electron chi connectivity index (χ4n) is 3.16. The molecule has 0 spiro atoms. The first kappa shape index (κ1) is 21.0. The molecule has 1 saturated heterocycles. The predicted octanol–water partition coefficient (Wildman–Crippen LogP) is 5.08. The summed E-state index contributed by atoms with van der Waals surface area (Å²) in [7, 11) is 3.65. The van der Waals surface area contributed by atoms with Crippen molar-refractivity contribution in [1.82, 2.24) is 14.9 Å². The van der Waals surface area contributed by atoms with E-state index in [2.05, 4.69) is 20.2 Å². The van der Waals surface area contributed by atoms with Gasteiger partial charge in [-0.2, -0.15) is 18.2 Å². The van der Waals surface area contributed by atoms with Gasteiger partial charge in [-0.3, -0.25) is 0 Å². The lowest BCUT2D eigenvalue weighted by Crippen LogP contribution is -2.43. The van der Waals surface area contributed by atoms with Crippen LogP contribution in [0.5, 0.6) is 0 Å². The van der Waals surface area contributed by atoms with Gasteiger partial charge in [-0.1, -0.05) is 23.2 Å². The standard InChI is InChI=1S/C18H20Cl2F3N5/c1-27-7-5-12(6-8-27)28(2)16-13(18(21,22)23)10-24-17(26-16)25-11-3-4-14(19)15(20)9-11/h3-4,9-10,12H,5-8H2,1-2H3,(H,24,25,26). The third-order valence-corrected chi connectivity index (χ3v) is 5.56. The number of benzene rings is 1. The summed E-state index contributed by atoms with van der Waals surface area (Å²) >= 11 is 11.9. The molecule has 2 heterocycles. The normalized spacial score (nSPS) is 16.2. The van der Waals surface area contributed by atoms with E-state index >= 15 is 0 Å². The summed E-state index contributed by atoms with van der Waals surface area (Å²) in [4.78, 5) is 11.8. The van der Waals surface area contributed by atoms with Gasteiger partial charge in [-0.05, 0) is 51.2 Å². The summed E-state index contributed by atoms with van der Waals surface area (Å²) in [6.45, 7) is 1.66.